The van der Waals surface area contributed by atoms with Gasteiger partial charge in [0.25, 0.3) is 11.1 Å². The fourth-order valence-corrected chi connectivity index (χ4v) is 5.06. The smallest absolute Gasteiger partial charge is 0.341 e. The molecule has 0 unspecified atom stereocenters. The van der Waals surface area contributed by atoms with Gasteiger partial charge in [-0.1, -0.05) is 40.2 Å². The van der Waals surface area contributed by atoms with Crippen molar-refractivity contribution < 1.29 is 33.8 Å². The molecule has 2 aromatic carbocycles. The molecule has 1 fully saturated rings. The quantitative estimate of drug-likeness (QED) is 0.511. The number of methoxy groups -OCH3 is 1. The van der Waals surface area contributed by atoms with E-state index in [1.807, 2.05) is 24.3 Å². The Hall–Kier alpha value is -3.31. The molecule has 35 heavy (non-hydrogen) atoms. The van der Waals surface area contributed by atoms with E-state index < -0.39 is 23.7 Å². The zero-order chi connectivity index (χ0) is 25.1. The minimum Gasteiger partial charge on any atom is -0.493 e. The molecule has 2 aromatic rings. The van der Waals surface area contributed by atoms with Crippen LogP contribution in [-0.4, -0.2) is 64.7 Å². The average molecular weight is 561 g/mol. The van der Waals surface area contributed by atoms with Gasteiger partial charge in [0.15, 0.2) is 18.1 Å². The number of carboxylic acid groups (broad SMARTS) is 1. The zero-order valence-electron chi connectivity index (χ0n) is 18.7. The largest absolute Gasteiger partial charge is 0.493 e. The highest BCUT2D eigenvalue weighted by atomic mass is 79.9. The van der Waals surface area contributed by atoms with Gasteiger partial charge in [-0.15, -0.1) is 0 Å². The van der Waals surface area contributed by atoms with Crippen LogP contribution in [0.25, 0.3) is 6.08 Å². The highest BCUT2D eigenvalue weighted by molar-refractivity contribution is 9.10. The van der Waals surface area contributed by atoms with Crippen LogP contribution in [0.3, 0.4) is 0 Å². The van der Waals surface area contributed by atoms with Crippen LogP contribution >= 0.6 is 27.7 Å². The van der Waals surface area contributed by atoms with E-state index in [1.165, 1.54) is 24.8 Å². The molecule has 182 valence electrons. The number of aliphatic carboxylic acids is 1. The van der Waals surface area contributed by atoms with Gasteiger partial charge in [0.2, 0.25) is 5.91 Å². The van der Waals surface area contributed by atoms with E-state index in [4.69, 9.17) is 14.6 Å². The number of hydrogen-bond acceptors (Lipinski definition) is 7. The van der Waals surface area contributed by atoms with Crippen LogP contribution in [0.1, 0.15) is 16.7 Å². The Balaban J connectivity index is 1.48. The first kappa shape index (κ1) is 24.8. The van der Waals surface area contributed by atoms with Crippen molar-refractivity contribution in [1.29, 1.82) is 0 Å². The normalized spacial score (nSPS) is 16.5. The van der Waals surface area contributed by atoms with Crippen LogP contribution in [0.5, 0.6) is 11.5 Å². The summed E-state index contributed by atoms with van der Waals surface area (Å²) in [5.74, 6) is -1.50. The van der Waals surface area contributed by atoms with Gasteiger partial charge >= 0.3 is 5.97 Å². The number of benzene rings is 2. The van der Waals surface area contributed by atoms with Crippen molar-refractivity contribution in [3.8, 4) is 11.5 Å². The number of carbonyl (C=O) groups excluding carboxylic acids is 3. The third kappa shape index (κ3) is 5.51. The minimum absolute atomic E-state index is 0.161. The van der Waals surface area contributed by atoms with Crippen molar-refractivity contribution in [2.75, 3.05) is 26.8 Å². The molecule has 0 radical (unpaired) electrons. The molecule has 9 nitrogen and oxygen atoms in total. The number of thioether (sulfide) groups is 1. The maximum atomic E-state index is 13.0. The Labute approximate surface area is 213 Å². The second kappa shape index (κ2) is 10.5. The topological polar surface area (TPSA) is 113 Å². The third-order valence-corrected chi connectivity index (χ3v) is 7.17. The maximum Gasteiger partial charge on any atom is 0.341 e. The molecule has 1 saturated heterocycles. The molecule has 0 atom stereocenters. The van der Waals surface area contributed by atoms with Crippen molar-refractivity contribution in [2.24, 2.45) is 0 Å². The fourth-order valence-electron chi connectivity index (χ4n) is 3.79. The number of halogens is 1. The molecule has 2 aliphatic rings. The number of rotatable bonds is 7. The highest BCUT2D eigenvalue weighted by Gasteiger charge is 2.37. The van der Waals surface area contributed by atoms with E-state index >= 15 is 0 Å². The summed E-state index contributed by atoms with van der Waals surface area (Å²) < 4.78 is 11.0. The number of hydrogen-bond donors (Lipinski definition) is 1. The maximum absolute atomic E-state index is 13.0. The lowest BCUT2D eigenvalue weighted by molar-refractivity contribution is -0.139. The number of imide groups is 1. The van der Waals surface area contributed by atoms with E-state index in [9.17, 15) is 19.2 Å². The first-order chi connectivity index (χ1) is 16.8. The molecule has 0 aliphatic carbocycles. The first-order valence-corrected chi connectivity index (χ1v) is 12.2. The Morgan fingerprint density at radius 3 is 2.63 bits per heavy atom. The van der Waals surface area contributed by atoms with E-state index in [-0.39, 0.29) is 28.9 Å². The summed E-state index contributed by atoms with van der Waals surface area (Å²) in [5, 5.41) is 8.31. The SMILES string of the molecule is COc1cc(/C=C2\SC(=O)N(CC(=O)N3CCc4ccccc4C3)C2=O)c(Br)cc1OCC(=O)O. The van der Waals surface area contributed by atoms with Gasteiger partial charge in [-0.3, -0.25) is 19.3 Å². The molecule has 0 bridgehead atoms. The third-order valence-electron chi connectivity index (χ3n) is 5.57. The number of amides is 3. The van der Waals surface area contributed by atoms with E-state index in [2.05, 4.69) is 15.9 Å². The highest BCUT2D eigenvalue weighted by Crippen LogP contribution is 2.38. The molecule has 4 rings (SSSR count). The summed E-state index contributed by atoms with van der Waals surface area (Å²) in [6.45, 7) is 0.114. The predicted octanol–water partition coefficient (Wildman–Crippen LogP) is 3.54. The minimum atomic E-state index is -1.13. The van der Waals surface area contributed by atoms with Crippen LogP contribution in [-0.2, 0) is 27.3 Å². The Kier molecular flexibility index (Phi) is 7.46. The lowest BCUT2D eigenvalue weighted by atomic mass is 10.00. The number of carboxylic acids is 1. The van der Waals surface area contributed by atoms with Gasteiger partial charge in [-0.2, -0.15) is 0 Å². The van der Waals surface area contributed by atoms with E-state index in [0.29, 0.717) is 23.1 Å². The number of fused-ring (bicyclic) bond motifs is 1. The van der Waals surface area contributed by atoms with Crippen molar-refractivity contribution in [3.63, 3.8) is 0 Å². The molecule has 2 aliphatic heterocycles. The van der Waals surface area contributed by atoms with Gasteiger partial charge in [-0.05, 0) is 53.1 Å². The number of carbonyl (C=O) groups is 4. The van der Waals surface area contributed by atoms with Gasteiger partial charge in [-0.25, -0.2) is 4.79 Å². The molecule has 0 spiro atoms. The van der Waals surface area contributed by atoms with Crippen LogP contribution in [0.15, 0.2) is 45.8 Å². The number of ether oxygens (including phenoxy) is 2. The monoisotopic (exact) mass is 560 g/mol. The van der Waals surface area contributed by atoms with Gasteiger partial charge in [0.05, 0.1) is 12.0 Å². The Morgan fingerprint density at radius 1 is 1.17 bits per heavy atom. The van der Waals surface area contributed by atoms with Gasteiger partial charge in [0, 0.05) is 17.6 Å². The summed E-state index contributed by atoms with van der Waals surface area (Å²) in [4.78, 5) is 52.0. The first-order valence-electron chi connectivity index (χ1n) is 10.6. The van der Waals surface area contributed by atoms with E-state index in [0.717, 1.165) is 28.6 Å². The second-order valence-electron chi connectivity index (χ2n) is 7.81. The fraction of sp³-hybridized carbons (Fsp3) is 0.250. The lowest BCUT2D eigenvalue weighted by Crippen LogP contribution is -2.44. The second-order valence-corrected chi connectivity index (χ2v) is 9.66. The molecule has 3 amide bonds. The summed E-state index contributed by atoms with van der Waals surface area (Å²) >= 11 is 4.12. The molecule has 1 N–H and O–H groups in total. The lowest BCUT2D eigenvalue weighted by Gasteiger charge is -2.29. The summed E-state index contributed by atoms with van der Waals surface area (Å²) in [7, 11) is 1.40. The molecule has 0 aromatic heterocycles. The zero-order valence-corrected chi connectivity index (χ0v) is 21.1. The average Bonchev–Trinajstić information content (AvgIpc) is 3.10. The predicted molar refractivity (Wildman–Crippen MR) is 132 cm³/mol. The van der Waals surface area contributed by atoms with Crippen molar-refractivity contribution in [2.45, 2.75) is 13.0 Å². The van der Waals surface area contributed by atoms with Crippen LogP contribution in [0.4, 0.5) is 4.79 Å². The van der Waals surface area contributed by atoms with Crippen molar-refractivity contribution >= 4 is 56.8 Å². The summed E-state index contributed by atoms with van der Waals surface area (Å²) in [6.07, 6.45) is 2.24. The van der Waals surface area contributed by atoms with Crippen molar-refractivity contribution in [1.82, 2.24) is 9.80 Å². The van der Waals surface area contributed by atoms with Crippen LogP contribution < -0.4 is 9.47 Å². The molecule has 0 saturated carbocycles. The molecule has 11 heteroatoms. The molecular weight excluding hydrogens is 540 g/mol. The molecular formula is C24H21BrN2O7S. The summed E-state index contributed by atoms with van der Waals surface area (Å²) in [5.41, 5.74) is 2.79. The van der Waals surface area contributed by atoms with E-state index in [1.54, 1.807) is 11.0 Å². The van der Waals surface area contributed by atoms with Crippen LogP contribution in [0, 0.1) is 0 Å². The van der Waals surface area contributed by atoms with Crippen LogP contribution in [0.2, 0.25) is 0 Å². The number of nitrogens with zero attached hydrogens (tertiary/aromatic N) is 2. The van der Waals surface area contributed by atoms with Gasteiger partial charge < -0.3 is 19.5 Å². The summed E-state index contributed by atoms with van der Waals surface area (Å²) in [6, 6.07) is 11.0. The Bertz CT molecular complexity index is 1250. The standard InChI is InChI=1S/C24H21BrN2O7S/c1-33-18-8-16(17(25)10-19(18)34-13-22(29)30)9-20-23(31)27(24(32)35-20)12-21(28)26-7-6-14-4-2-3-5-15(14)11-26/h2-5,8-10H,6-7,11-13H2,1H3,(H,29,30)/b20-9-. The van der Waals surface area contributed by atoms with Gasteiger partial charge in [0.1, 0.15) is 6.54 Å². The molecule has 2 heterocycles. The van der Waals surface area contributed by atoms with Crippen molar-refractivity contribution in [3.05, 3.63) is 62.5 Å². The Morgan fingerprint density at radius 2 is 1.91 bits per heavy atom.